The third-order valence-corrected chi connectivity index (χ3v) is 4.86. The molecule has 1 aliphatic carbocycles. The number of esters is 2. The van der Waals surface area contributed by atoms with Gasteiger partial charge in [0, 0.05) is 11.1 Å². The lowest BCUT2D eigenvalue weighted by Gasteiger charge is -2.19. The Morgan fingerprint density at radius 2 is 1.93 bits per heavy atom. The van der Waals surface area contributed by atoms with E-state index in [-0.39, 0.29) is 17.9 Å². The standard InChI is InChI=1S/C21H19NO5/c1-25-20(23)15-10-11-26-18(15)12-27-21(24)19-13-6-2-4-8-16(13)22-17-9-5-3-7-14(17)19/h2,4,6,8,10-11H,3,5,7,9,12H2,1H3. The van der Waals surface area contributed by atoms with Crippen LogP contribution in [0.25, 0.3) is 10.9 Å². The molecule has 0 spiro atoms. The molecule has 0 aliphatic heterocycles. The summed E-state index contributed by atoms with van der Waals surface area (Å²) < 4.78 is 15.5. The number of ether oxygens (including phenoxy) is 2. The molecule has 3 aromatic rings. The minimum Gasteiger partial charge on any atom is -0.465 e. The zero-order valence-electron chi connectivity index (χ0n) is 15.0. The average molecular weight is 365 g/mol. The van der Waals surface area contributed by atoms with Gasteiger partial charge in [-0.05, 0) is 43.4 Å². The van der Waals surface area contributed by atoms with Crippen molar-refractivity contribution >= 4 is 22.8 Å². The second-order valence-corrected chi connectivity index (χ2v) is 6.46. The topological polar surface area (TPSA) is 78.6 Å². The van der Waals surface area contributed by atoms with Crippen molar-refractivity contribution < 1.29 is 23.5 Å². The number of aryl methyl sites for hydroxylation is 1. The highest BCUT2D eigenvalue weighted by Gasteiger charge is 2.24. The first-order valence-electron chi connectivity index (χ1n) is 8.91. The highest BCUT2D eigenvalue weighted by Crippen LogP contribution is 2.30. The molecule has 4 rings (SSSR count). The van der Waals surface area contributed by atoms with Gasteiger partial charge in [0.25, 0.3) is 0 Å². The first kappa shape index (κ1) is 17.3. The number of hydrogen-bond acceptors (Lipinski definition) is 6. The molecule has 6 nitrogen and oxygen atoms in total. The minimum atomic E-state index is -0.526. The maximum atomic E-state index is 13.0. The summed E-state index contributed by atoms with van der Waals surface area (Å²) in [7, 11) is 1.29. The Morgan fingerprint density at radius 1 is 1.11 bits per heavy atom. The van der Waals surface area contributed by atoms with Crippen molar-refractivity contribution in [1.82, 2.24) is 4.98 Å². The lowest BCUT2D eigenvalue weighted by molar-refractivity contribution is 0.0433. The van der Waals surface area contributed by atoms with Gasteiger partial charge in [0.1, 0.15) is 5.56 Å². The van der Waals surface area contributed by atoms with Crippen LogP contribution >= 0.6 is 0 Å². The molecule has 0 N–H and O–H groups in total. The quantitative estimate of drug-likeness (QED) is 0.654. The van der Waals surface area contributed by atoms with Crippen molar-refractivity contribution in [3.05, 3.63) is 64.7 Å². The van der Waals surface area contributed by atoms with Gasteiger partial charge in [-0.1, -0.05) is 18.2 Å². The van der Waals surface area contributed by atoms with E-state index in [9.17, 15) is 9.59 Å². The van der Waals surface area contributed by atoms with Gasteiger partial charge in [0.15, 0.2) is 12.4 Å². The zero-order chi connectivity index (χ0) is 18.8. The lowest BCUT2D eigenvalue weighted by Crippen LogP contribution is -2.16. The molecule has 0 radical (unpaired) electrons. The summed E-state index contributed by atoms with van der Waals surface area (Å²) in [6, 6.07) is 9.09. The summed E-state index contributed by atoms with van der Waals surface area (Å²) in [6.07, 6.45) is 5.15. The molecular formula is C21H19NO5. The molecule has 0 unspecified atom stereocenters. The maximum Gasteiger partial charge on any atom is 0.341 e. The number of benzene rings is 1. The fraction of sp³-hybridized carbons (Fsp3) is 0.286. The van der Waals surface area contributed by atoms with Crippen LogP contribution in [0, 0.1) is 0 Å². The van der Waals surface area contributed by atoms with E-state index in [1.807, 2.05) is 24.3 Å². The van der Waals surface area contributed by atoms with E-state index in [1.54, 1.807) is 0 Å². The van der Waals surface area contributed by atoms with E-state index in [4.69, 9.17) is 18.9 Å². The fourth-order valence-corrected chi connectivity index (χ4v) is 3.55. The van der Waals surface area contributed by atoms with Gasteiger partial charge >= 0.3 is 11.9 Å². The second kappa shape index (κ2) is 7.23. The van der Waals surface area contributed by atoms with Gasteiger partial charge in [-0.3, -0.25) is 4.98 Å². The molecular weight excluding hydrogens is 346 g/mol. The molecule has 138 valence electrons. The van der Waals surface area contributed by atoms with Gasteiger partial charge in [-0.2, -0.15) is 0 Å². The van der Waals surface area contributed by atoms with Crippen LogP contribution < -0.4 is 0 Å². The van der Waals surface area contributed by atoms with Crippen molar-refractivity contribution in [3.63, 3.8) is 0 Å². The van der Waals surface area contributed by atoms with Crippen molar-refractivity contribution in [3.8, 4) is 0 Å². The first-order valence-corrected chi connectivity index (χ1v) is 8.91. The molecule has 0 atom stereocenters. The molecule has 2 heterocycles. The Labute approximate surface area is 156 Å². The summed E-state index contributed by atoms with van der Waals surface area (Å²) in [6.45, 7) is -0.137. The first-order chi connectivity index (χ1) is 13.2. The predicted molar refractivity (Wildman–Crippen MR) is 97.6 cm³/mol. The van der Waals surface area contributed by atoms with Crippen LogP contribution in [0.15, 0.2) is 41.0 Å². The van der Waals surface area contributed by atoms with E-state index in [2.05, 4.69) is 0 Å². The van der Waals surface area contributed by atoms with Crippen LogP contribution in [0.2, 0.25) is 0 Å². The molecule has 0 amide bonds. The fourth-order valence-electron chi connectivity index (χ4n) is 3.55. The highest BCUT2D eigenvalue weighted by atomic mass is 16.5. The van der Waals surface area contributed by atoms with E-state index in [0.29, 0.717) is 5.56 Å². The van der Waals surface area contributed by atoms with Crippen molar-refractivity contribution in [2.24, 2.45) is 0 Å². The molecule has 1 aliphatic rings. The number of methoxy groups -OCH3 is 1. The highest BCUT2D eigenvalue weighted by molar-refractivity contribution is 6.05. The van der Waals surface area contributed by atoms with E-state index < -0.39 is 11.9 Å². The summed E-state index contributed by atoms with van der Waals surface area (Å²) in [4.78, 5) is 29.4. The smallest absolute Gasteiger partial charge is 0.341 e. The van der Waals surface area contributed by atoms with Crippen LogP contribution in [0.3, 0.4) is 0 Å². The average Bonchev–Trinajstić information content (AvgIpc) is 3.18. The number of pyridine rings is 1. The Hall–Kier alpha value is -3.15. The molecule has 6 heteroatoms. The Balaban J connectivity index is 1.67. The van der Waals surface area contributed by atoms with Crippen LogP contribution in [0.5, 0.6) is 0 Å². The lowest BCUT2D eigenvalue weighted by atomic mass is 9.90. The summed E-state index contributed by atoms with van der Waals surface area (Å²) in [5.74, 6) is -0.692. The number of nitrogens with zero attached hydrogens (tertiary/aromatic N) is 1. The van der Waals surface area contributed by atoms with Gasteiger partial charge in [0.05, 0.1) is 24.5 Å². The molecule has 0 fully saturated rings. The van der Waals surface area contributed by atoms with E-state index >= 15 is 0 Å². The normalized spacial score (nSPS) is 13.2. The third kappa shape index (κ3) is 3.18. The number of aromatic nitrogens is 1. The number of carbonyl (C=O) groups excluding carboxylic acids is 2. The number of rotatable bonds is 4. The molecule has 0 saturated carbocycles. The predicted octanol–water partition coefficient (Wildman–Crippen LogP) is 3.85. The monoisotopic (exact) mass is 365 g/mol. The van der Waals surface area contributed by atoms with E-state index in [0.717, 1.165) is 47.8 Å². The van der Waals surface area contributed by atoms with Crippen molar-refractivity contribution in [1.29, 1.82) is 0 Å². The summed E-state index contributed by atoms with van der Waals surface area (Å²) in [5, 5.41) is 0.788. The number of carbonyl (C=O) groups is 2. The van der Waals surface area contributed by atoms with Crippen molar-refractivity contribution in [2.45, 2.75) is 32.3 Å². The minimum absolute atomic E-state index is 0.137. The zero-order valence-corrected chi connectivity index (χ0v) is 15.0. The van der Waals surface area contributed by atoms with E-state index in [1.165, 1.54) is 19.4 Å². The van der Waals surface area contributed by atoms with Gasteiger partial charge in [-0.15, -0.1) is 0 Å². The van der Waals surface area contributed by atoms with Gasteiger partial charge < -0.3 is 13.9 Å². The number of hydrogen-bond donors (Lipinski definition) is 0. The number of para-hydroxylation sites is 1. The Bertz CT molecular complexity index is 1020. The number of furan rings is 1. The summed E-state index contributed by atoms with van der Waals surface area (Å²) >= 11 is 0. The molecule has 0 bridgehead atoms. The molecule has 0 saturated heterocycles. The molecule has 27 heavy (non-hydrogen) atoms. The summed E-state index contributed by atoms with van der Waals surface area (Å²) in [5.41, 5.74) is 3.56. The third-order valence-electron chi connectivity index (χ3n) is 4.86. The Morgan fingerprint density at radius 3 is 2.78 bits per heavy atom. The molecule has 2 aromatic heterocycles. The van der Waals surface area contributed by atoms with Crippen molar-refractivity contribution in [2.75, 3.05) is 7.11 Å². The number of fused-ring (bicyclic) bond motifs is 2. The van der Waals surface area contributed by atoms with Crippen LogP contribution in [0.1, 0.15) is 50.6 Å². The van der Waals surface area contributed by atoms with Gasteiger partial charge in [-0.25, -0.2) is 9.59 Å². The SMILES string of the molecule is COC(=O)c1ccoc1COC(=O)c1c2c(nc3ccccc13)CCCC2. The Kier molecular flexibility index (Phi) is 4.62. The molecule has 1 aromatic carbocycles. The van der Waals surface area contributed by atoms with Crippen LogP contribution in [-0.2, 0) is 28.9 Å². The largest absolute Gasteiger partial charge is 0.465 e. The van der Waals surface area contributed by atoms with Gasteiger partial charge in [0.2, 0.25) is 0 Å². The second-order valence-electron chi connectivity index (χ2n) is 6.46. The maximum absolute atomic E-state index is 13.0. The van der Waals surface area contributed by atoms with Crippen LogP contribution in [-0.4, -0.2) is 24.0 Å². The van der Waals surface area contributed by atoms with Crippen LogP contribution in [0.4, 0.5) is 0 Å².